The van der Waals surface area contributed by atoms with Gasteiger partial charge in [-0.25, -0.2) is 0 Å². The molecule has 0 spiro atoms. The van der Waals surface area contributed by atoms with Crippen LogP contribution in [-0.2, 0) is 11.2 Å². The number of nitriles is 1. The molecular formula is C28H40FNO. The molecule has 0 radical (unpaired) electrons. The lowest BCUT2D eigenvalue weighted by molar-refractivity contribution is -0.00474. The third kappa shape index (κ3) is 8.08. The Balaban J connectivity index is 1.30. The van der Waals surface area contributed by atoms with Crippen LogP contribution in [-0.4, -0.2) is 12.7 Å². The van der Waals surface area contributed by atoms with Gasteiger partial charge in [-0.05, 0) is 99.2 Å². The molecule has 0 aromatic heterocycles. The van der Waals surface area contributed by atoms with Crippen LogP contribution >= 0.6 is 0 Å². The Bertz CT molecular complexity index is 704. The summed E-state index contributed by atoms with van der Waals surface area (Å²) in [5, 5.41) is 8.47. The lowest BCUT2D eigenvalue weighted by atomic mass is 9.80. The van der Waals surface area contributed by atoms with Gasteiger partial charge < -0.3 is 4.74 Å². The van der Waals surface area contributed by atoms with E-state index in [4.69, 9.17) is 10.00 Å². The van der Waals surface area contributed by atoms with Gasteiger partial charge in [0.05, 0.1) is 6.10 Å². The Labute approximate surface area is 188 Å². The van der Waals surface area contributed by atoms with Crippen molar-refractivity contribution in [3.63, 3.8) is 0 Å². The van der Waals surface area contributed by atoms with E-state index in [0.717, 1.165) is 13.0 Å². The van der Waals surface area contributed by atoms with E-state index in [1.807, 2.05) is 0 Å². The molecule has 0 heterocycles. The van der Waals surface area contributed by atoms with Gasteiger partial charge in [-0.3, -0.25) is 0 Å². The van der Waals surface area contributed by atoms with Gasteiger partial charge in [0.15, 0.2) is 5.83 Å². The molecule has 0 aliphatic heterocycles. The summed E-state index contributed by atoms with van der Waals surface area (Å²) in [5.74, 6) is 1.44. The lowest BCUT2D eigenvalue weighted by Gasteiger charge is -2.32. The number of allylic oxidation sites excluding steroid dienone is 2. The lowest BCUT2D eigenvalue weighted by Crippen LogP contribution is -2.25. The summed E-state index contributed by atoms with van der Waals surface area (Å²) in [4.78, 5) is 0. The fraction of sp³-hybridized carbons (Fsp3) is 0.679. The highest BCUT2D eigenvalue weighted by Gasteiger charge is 2.25. The Morgan fingerprint density at radius 2 is 1.71 bits per heavy atom. The maximum atomic E-state index is 12.9. The number of hydrogen-bond donors (Lipinski definition) is 0. The summed E-state index contributed by atoms with van der Waals surface area (Å²) >= 11 is 0. The van der Waals surface area contributed by atoms with Crippen molar-refractivity contribution in [3.8, 4) is 6.07 Å². The van der Waals surface area contributed by atoms with E-state index < -0.39 is 5.83 Å². The molecular weight excluding hydrogens is 385 g/mol. The standard InChI is InChI=1S/C28H40FNO/c1-2-3-5-22-12-14-25(15-13-22)26-16-18-28(19-17-26)31-21-24-10-8-23(9-11-24)6-4-7-27(29)20-30/h7,12-15,23-24,26,28H,2-6,8-11,16-19,21H2,1H3/t23-,24-,26-,28-. The molecule has 31 heavy (non-hydrogen) atoms. The molecule has 0 N–H and O–H groups in total. The number of unbranched alkanes of at least 4 members (excludes halogenated alkanes) is 1. The minimum absolute atomic E-state index is 0.442. The van der Waals surface area contributed by atoms with Crippen LogP contribution in [0.4, 0.5) is 4.39 Å². The molecule has 2 aliphatic carbocycles. The average molecular weight is 426 g/mol. The van der Waals surface area contributed by atoms with Crippen LogP contribution in [0.15, 0.2) is 36.2 Å². The second-order valence-electron chi connectivity index (χ2n) is 9.78. The topological polar surface area (TPSA) is 33.0 Å². The van der Waals surface area contributed by atoms with Crippen molar-refractivity contribution >= 4 is 0 Å². The second-order valence-corrected chi connectivity index (χ2v) is 9.78. The van der Waals surface area contributed by atoms with E-state index in [2.05, 4.69) is 31.2 Å². The molecule has 3 heteroatoms. The largest absolute Gasteiger partial charge is 0.378 e. The number of halogens is 1. The van der Waals surface area contributed by atoms with E-state index in [1.54, 1.807) is 6.07 Å². The fourth-order valence-corrected chi connectivity index (χ4v) is 5.35. The predicted octanol–water partition coefficient (Wildman–Crippen LogP) is 8.04. The molecule has 0 bridgehead atoms. The van der Waals surface area contributed by atoms with Gasteiger partial charge >= 0.3 is 0 Å². The average Bonchev–Trinajstić information content (AvgIpc) is 2.83. The van der Waals surface area contributed by atoms with E-state index >= 15 is 0 Å². The highest BCUT2D eigenvalue weighted by Crippen LogP contribution is 2.36. The molecule has 2 nitrogen and oxygen atoms in total. The smallest absolute Gasteiger partial charge is 0.196 e. The van der Waals surface area contributed by atoms with Gasteiger partial charge in [0, 0.05) is 6.61 Å². The van der Waals surface area contributed by atoms with Crippen molar-refractivity contribution < 1.29 is 9.13 Å². The maximum absolute atomic E-state index is 12.9. The van der Waals surface area contributed by atoms with Gasteiger partial charge in [-0.2, -0.15) is 9.65 Å². The third-order valence-corrected chi connectivity index (χ3v) is 7.48. The summed E-state index contributed by atoms with van der Waals surface area (Å²) in [5.41, 5.74) is 2.99. The summed E-state index contributed by atoms with van der Waals surface area (Å²) in [6.45, 7) is 3.17. The van der Waals surface area contributed by atoms with Gasteiger partial charge in [0.2, 0.25) is 0 Å². The van der Waals surface area contributed by atoms with Crippen LogP contribution in [0.3, 0.4) is 0 Å². The summed E-state index contributed by atoms with van der Waals surface area (Å²) in [6.07, 6.45) is 17.1. The van der Waals surface area contributed by atoms with Crippen molar-refractivity contribution in [2.24, 2.45) is 11.8 Å². The monoisotopic (exact) mass is 425 g/mol. The molecule has 0 amide bonds. The van der Waals surface area contributed by atoms with Gasteiger partial charge in [0.1, 0.15) is 6.07 Å². The van der Waals surface area contributed by atoms with E-state index in [9.17, 15) is 4.39 Å². The molecule has 2 saturated carbocycles. The highest BCUT2D eigenvalue weighted by molar-refractivity contribution is 5.26. The first-order valence-corrected chi connectivity index (χ1v) is 12.6. The van der Waals surface area contributed by atoms with Crippen molar-refractivity contribution in [3.05, 3.63) is 47.3 Å². The van der Waals surface area contributed by atoms with Gasteiger partial charge in [-0.1, -0.05) is 50.5 Å². The van der Waals surface area contributed by atoms with E-state index in [-0.39, 0.29) is 0 Å². The Kier molecular flexibility index (Phi) is 10.1. The first-order chi connectivity index (χ1) is 15.2. The van der Waals surface area contributed by atoms with Crippen molar-refractivity contribution in [1.82, 2.24) is 0 Å². The molecule has 0 saturated heterocycles. The summed E-state index contributed by atoms with van der Waals surface area (Å²) < 4.78 is 19.2. The minimum Gasteiger partial charge on any atom is -0.378 e. The molecule has 0 unspecified atom stereocenters. The van der Waals surface area contributed by atoms with E-state index in [0.29, 0.717) is 30.3 Å². The summed E-state index contributed by atoms with van der Waals surface area (Å²) in [6, 6.07) is 10.9. The normalized spacial score (nSPS) is 27.1. The second kappa shape index (κ2) is 13.0. The van der Waals surface area contributed by atoms with Crippen molar-refractivity contribution in [1.29, 1.82) is 5.26 Å². The zero-order valence-corrected chi connectivity index (χ0v) is 19.3. The maximum Gasteiger partial charge on any atom is 0.196 e. The van der Waals surface area contributed by atoms with Crippen LogP contribution in [0.25, 0.3) is 0 Å². The fourth-order valence-electron chi connectivity index (χ4n) is 5.35. The molecule has 170 valence electrons. The van der Waals surface area contributed by atoms with Gasteiger partial charge in [0.25, 0.3) is 0 Å². The zero-order chi connectivity index (χ0) is 21.9. The molecule has 3 rings (SSSR count). The number of nitrogens with zero attached hydrogens (tertiary/aromatic N) is 1. The van der Waals surface area contributed by atoms with Crippen LogP contribution in [0, 0.1) is 23.2 Å². The molecule has 0 atom stereocenters. The molecule has 1 aromatic carbocycles. The zero-order valence-electron chi connectivity index (χ0n) is 19.3. The molecule has 1 aromatic rings. The summed E-state index contributed by atoms with van der Waals surface area (Å²) in [7, 11) is 0. The molecule has 2 fully saturated rings. The SMILES string of the molecule is CCCCc1ccc([C@H]2CC[C@H](OC[C@H]3CC[C@H](CCC=C(F)C#N)CC3)CC2)cc1. The van der Waals surface area contributed by atoms with Crippen molar-refractivity contribution in [2.75, 3.05) is 6.61 Å². The number of benzene rings is 1. The quantitative estimate of drug-likeness (QED) is 0.355. The van der Waals surface area contributed by atoms with Gasteiger partial charge in [-0.15, -0.1) is 0 Å². The minimum atomic E-state index is -0.638. The Morgan fingerprint density at radius 3 is 2.35 bits per heavy atom. The number of ether oxygens (including phenoxy) is 1. The van der Waals surface area contributed by atoms with Crippen LogP contribution in [0.2, 0.25) is 0 Å². The third-order valence-electron chi connectivity index (χ3n) is 7.48. The number of hydrogen-bond acceptors (Lipinski definition) is 2. The van der Waals surface area contributed by atoms with E-state index in [1.165, 1.54) is 87.8 Å². The predicted molar refractivity (Wildman–Crippen MR) is 125 cm³/mol. The number of aryl methyl sites for hydroxylation is 1. The Hall–Kier alpha value is -1.66. The number of rotatable bonds is 10. The molecule has 2 aliphatic rings. The van der Waals surface area contributed by atoms with Crippen LogP contribution in [0.1, 0.15) is 101 Å². The highest BCUT2D eigenvalue weighted by atomic mass is 19.1. The first-order valence-electron chi connectivity index (χ1n) is 12.6. The Morgan fingerprint density at radius 1 is 1.03 bits per heavy atom. The first kappa shape index (κ1) is 24.0. The van der Waals surface area contributed by atoms with Crippen LogP contribution in [0.5, 0.6) is 0 Å². The van der Waals surface area contributed by atoms with Crippen molar-refractivity contribution in [2.45, 2.75) is 102 Å². The van der Waals surface area contributed by atoms with Crippen LogP contribution < -0.4 is 0 Å².